The van der Waals surface area contributed by atoms with E-state index in [1.54, 1.807) is 14.2 Å². The molecule has 3 aliphatic heterocycles. The van der Waals surface area contributed by atoms with Crippen molar-refractivity contribution in [2.75, 3.05) is 43.4 Å². The smallest absolute Gasteiger partial charge is 0.207 e. The molecule has 2 fully saturated rings. The molecule has 3 aliphatic rings. The maximum Gasteiger partial charge on any atom is 0.207 e. The Hall–Kier alpha value is -4.36. The van der Waals surface area contributed by atoms with Gasteiger partial charge in [-0.05, 0) is 69.2 Å². The predicted molar refractivity (Wildman–Crippen MR) is 185 cm³/mol. The molecule has 0 amide bonds. The first-order valence-corrected chi connectivity index (χ1v) is 16.5. The molecule has 3 N–H and O–H groups in total. The largest absolute Gasteiger partial charge is 0.493 e. The standard InChI is InChI=1S/C36H44N6O6/c1-7-9-28-33(46-28)39-23-11-8-10-21(16-23)31-40-26-19-29(44-6)30(45-15-14-43-5)18-25(26)32(41-31)38-24-12-13-27-22(17-24)20-37-42(27)34-35(47-34)48-36(2,3)4/h8,10-13,16-20,28,31,33-35,39-40H,7,9,14-15H2,1-6H3,(H,38,41). The van der Waals surface area contributed by atoms with Crippen molar-refractivity contribution in [2.45, 2.75) is 77.2 Å². The highest BCUT2D eigenvalue weighted by Crippen LogP contribution is 2.41. The van der Waals surface area contributed by atoms with Crippen molar-refractivity contribution in [2.24, 2.45) is 4.99 Å². The number of benzene rings is 3. The summed E-state index contributed by atoms with van der Waals surface area (Å²) >= 11 is 0. The van der Waals surface area contributed by atoms with E-state index in [2.05, 4.69) is 52.2 Å². The summed E-state index contributed by atoms with van der Waals surface area (Å²) in [6.45, 7) is 9.06. The van der Waals surface area contributed by atoms with E-state index in [0.29, 0.717) is 30.5 Å². The number of rotatable bonds is 13. The summed E-state index contributed by atoms with van der Waals surface area (Å²) in [6, 6.07) is 18.3. The van der Waals surface area contributed by atoms with Gasteiger partial charge in [0.15, 0.2) is 17.7 Å². The molecule has 5 atom stereocenters. The van der Waals surface area contributed by atoms with E-state index in [1.807, 2.05) is 62.0 Å². The number of fused-ring (bicyclic) bond motifs is 2. The summed E-state index contributed by atoms with van der Waals surface area (Å²) in [5.41, 5.74) is 5.24. The fourth-order valence-corrected chi connectivity index (χ4v) is 5.92. The van der Waals surface area contributed by atoms with Gasteiger partial charge >= 0.3 is 0 Å². The maximum absolute atomic E-state index is 6.04. The quantitative estimate of drug-likeness (QED) is 0.106. The lowest BCUT2D eigenvalue weighted by atomic mass is 10.0. The lowest BCUT2D eigenvalue weighted by Gasteiger charge is -2.28. The molecule has 0 bridgehead atoms. The number of aromatic nitrogens is 2. The highest BCUT2D eigenvalue weighted by molar-refractivity contribution is 6.13. The summed E-state index contributed by atoms with van der Waals surface area (Å²) in [7, 11) is 3.28. The molecule has 0 radical (unpaired) electrons. The molecule has 0 spiro atoms. The van der Waals surface area contributed by atoms with Gasteiger partial charge in [-0.25, -0.2) is 9.67 Å². The lowest BCUT2D eigenvalue weighted by Crippen LogP contribution is -2.25. The van der Waals surface area contributed by atoms with Crippen LogP contribution in [0, 0.1) is 0 Å². The Bertz CT molecular complexity index is 1800. The molecule has 254 valence electrons. The van der Waals surface area contributed by atoms with E-state index in [4.69, 9.17) is 33.4 Å². The summed E-state index contributed by atoms with van der Waals surface area (Å²) < 4.78 is 36.4. The Balaban J connectivity index is 1.18. The zero-order valence-corrected chi connectivity index (χ0v) is 28.3. The zero-order chi connectivity index (χ0) is 33.4. The summed E-state index contributed by atoms with van der Waals surface area (Å²) in [5.74, 6) is 1.91. The average Bonchev–Trinajstić information content (AvgIpc) is 3.95. The highest BCUT2D eigenvalue weighted by atomic mass is 16.8. The number of ether oxygens (including phenoxy) is 6. The Kier molecular flexibility index (Phi) is 8.90. The van der Waals surface area contributed by atoms with Crippen molar-refractivity contribution >= 4 is 33.8 Å². The minimum absolute atomic E-state index is 0.0458. The Morgan fingerprint density at radius 1 is 0.979 bits per heavy atom. The van der Waals surface area contributed by atoms with Gasteiger partial charge in [0.25, 0.3) is 0 Å². The number of hydrogen-bond acceptors (Lipinski definition) is 11. The number of methoxy groups -OCH3 is 2. The SMILES string of the molecule is CCCC1OC1Nc1cccc(C2N=C(Nc3ccc4c(cnn4C4OC4OC(C)(C)C)c3)c3cc(OCCOC)c(OC)cc3N2)c1. The van der Waals surface area contributed by atoms with Crippen LogP contribution in [0.15, 0.2) is 65.8 Å². The fraction of sp³-hybridized carbons (Fsp3) is 0.444. The molecule has 12 heteroatoms. The Morgan fingerprint density at radius 3 is 2.65 bits per heavy atom. The first-order chi connectivity index (χ1) is 23.2. The van der Waals surface area contributed by atoms with E-state index >= 15 is 0 Å². The summed E-state index contributed by atoms with van der Waals surface area (Å²) in [6.07, 6.45) is 3.37. The van der Waals surface area contributed by atoms with Crippen LogP contribution in [0.4, 0.5) is 17.1 Å². The first-order valence-electron chi connectivity index (χ1n) is 16.5. The van der Waals surface area contributed by atoms with E-state index in [-0.39, 0.29) is 36.6 Å². The number of amidine groups is 1. The predicted octanol–water partition coefficient (Wildman–Crippen LogP) is 6.66. The van der Waals surface area contributed by atoms with Crippen molar-refractivity contribution < 1.29 is 28.4 Å². The van der Waals surface area contributed by atoms with E-state index in [0.717, 1.165) is 51.9 Å². The van der Waals surface area contributed by atoms with Gasteiger partial charge in [0.05, 0.1) is 36.7 Å². The number of nitrogens with one attached hydrogen (secondary N) is 3. The van der Waals surface area contributed by atoms with E-state index in [1.165, 1.54) is 0 Å². The summed E-state index contributed by atoms with van der Waals surface area (Å²) in [4.78, 5) is 5.19. The van der Waals surface area contributed by atoms with Crippen LogP contribution in [0.25, 0.3) is 10.9 Å². The monoisotopic (exact) mass is 656 g/mol. The van der Waals surface area contributed by atoms with Gasteiger partial charge in [0.2, 0.25) is 12.5 Å². The number of anilines is 3. The second kappa shape index (κ2) is 13.3. The average molecular weight is 657 g/mol. The third-order valence-electron chi connectivity index (χ3n) is 8.32. The van der Waals surface area contributed by atoms with Crippen LogP contribution in [-0.4, -0.2) is 67.3 Å². The van der Waals surface area contributed by atoms with Crippen LogP contribution < -0.4 is 25.4 Å². The third-order valence-corrected chi connectivity index (χ3v) is 8.32. The van der Waals surface area contributed by atoms with E-state index in [9.17, 15) is 0 Å². The molecular formula is C36H44N6O6. The van der Waals surface area contributed by atoms with Crippen LogP contribution >= 0.6 is 0 Å². The molecule has 5 unspecified atom stereocenters. The van der Waals surface area contributed by atoms with Crippen molar-refractivity contribution in [1.29, 1.82) is 0 Å². The molecule has 2 saturated heterocycles. The van der Waals surface area contributed by atoms with Gasteiger partial charge in [0, 0.05) is 35.5 Å². The van der Waals surface area contributed by atoms with Crippen LogP contribution in [0.2, 0.25) is 0 Å². The maximum atomic E-state index is 6.04. The Morgan fingerprint density at radius 2 is 1.85 bits per heavy atom. The molecule has 4 aromatic rings. The number of epoxide rings is 2. The van der Waals surface area contributed by atoms with Crippen LogP contribution in [-0.2, 0) is 18.9 Å². The fourth-order valence-electron chi connectivity index (χ4n) is 5.92. The van der Waals surface area contributed by atoms with Gasteiger partial charge < -0.3 is 44.4 Å². The van der Waals surface area contributed by atoms with Crippen molar-refractivity contribution in [3.05, 3.63) is 71.9 Å². The molecule has 4 heterocycles. The second-order valence-corrected chi connectivity index (χ2v) is 13.2. The normalized spacial score (nSPS) is 22.8. The number of nitrogens with zero attached hydrogens (tertiary/aromatic N) is 3. The number of aliphatic imine (C=N–C) groups is 1. The Labute approximate surface area is 280 Å². The molecule has 0 aliphatic carbocycles. The highest BCUT2D eigenvalue weighted by Gasteiger charge is 2.45. The van der Waals surface area contributed by atoms with Crippen molar-refractivity contribution in [1.82, 2.24) is 9.78 Å². The second-order valence-electron chi connectivity index (χ2n) is 13.2. The van der Waals surface area contributed by atoms with Gasteiger partial charge in [-0.3, -0.25) is 0 Å². The molecule has 1 aromatic heterocycles. The van der Waals surface area contributed by atoms with Crippen LogP contribution in [0.3, 0.4) is 0 Å². The van der Waals surface area contributed by atoms with E-state index < -0.39 is 0 Å². The summed E-state index contributed by atoms with van der Waals surface area (Å²) in [5, 5.41) is 16.3. The van der Waals surface area contributed by atoms with Crippen LogP contribution in [0.5, 0.6) is 11.5 Å². The molecule has 12 nitrogen and oxygen atoms in total. The molecule has 7 rings (SSSR count). The molecular weight excluding hydrogens is 612 g/mol. The van der Waals surface area contributed by atoms with Gasteiger partial charge in [0.1, 0.15) is 24.7 Å². The molecule has 48 heavy (non-hydrogen) atoms. The lowest BCUT2D eigenvalue weighted by molar-refractivity contribution is -0.0573. The van der Waals surface area contributed by atoms with Crippen molar-refractivity contribution in [3.8, 4) is 11.5 Å². The van der Waals surface area contributed by atoms with Crippen LogP contribution in [0.1, 0.15) is 64.1 Å². The van der Waals surface area contributed by atoms with Gasteiger partial charge in [-0.1, -0.05) is 25.5 Å². The number of hydrogen-bond donors (Lipinski definition) is 3. The van der Waals surface area contributed by atoms with Gasteiger partial charge in [-0.15, -0.1) is 0 Å². The molecule has 0 saturated carbocycles. The topological polar surface area (TPSA) is 128 Å². The van der Waals surface area contributed by atoms with Crippen molar-refractivity contribution in [3.63, 3.8) is 0 Å². The van der Waals surface area contributed by atoms with Gasteiger partial charge in [-0.2, -0.15) is 5.10 Å². The third kappa shape index (κ3) is 7.07. The first kappa shape index (κ1) is 32.2. The molecule has 3 aromatic carbocycles. The minimum atomic E-state index is -0.364. The minimum Gasteiger partial charge on any atom is -0.493 e. The zero-order valence-electron chi connectivity index (χ0n) is 28.3.